The molecule has 3 aromatic carbocycles. The van der Waals surface area contributed by atoms with E-state index in [0.717, 1.165) is 30.3 Å². The first kappa shape index (κ1) is 29.5. The van der Waals surface area contributed by atoms with Crippen LogP contribution in [0.5, 0.6) is 11.5 Å². The number of benzene rings is 3. The van der Waals surface area contributed by atoms with Crippen LogP contribution in [0.3, 0.4) is 0 Å². The fraction of sp³-hybridized carbons (Fsp3) is 0.148. The van der Waals surface area contributed by atoms with Gasteiger partial charge in [0.15, 0.2) is 0 Å². The Morgan fingerprint density at radius 3 is 1.95 bits per heavy atom. The fourth-order valence-corrected chi connectivity index (χ4v) is 3.04. The molecular formula is C27H22F4N2O7. The van der Waals surface area contributed by atoms with Crippen LogP contribution >= 0.6 is 0 Å². The lowest BCUT2D eigenvalue weighted by atomic mass is 10.2. The highest BCUT2D eigenvalue weighted by molar-refractivity contribution is 5.92. The zero-order chi connectivity index (χ0) is 29.3. The molecular weight excluding hydrogens is 540 g/mol. The predicted molar refractivity (Wildman–Crippen MR) is 135 cm³/mol. The maximum atomic E-state index is 13.0. The summed E-state index contributed by atoms with van der Waals surface area (Å²) in [6.07, 6.45) is -6.11. The van der Waals surface area contributed by atoms with Gasteiger partial charge in [0, 0.05) is 17.5 Å². The van der Waals surface area contributed by atoms with Crippen LogP contribution in [0.4, 0.5) is 28.9 Å². The standard InChI is InChI=1S/C27H22F4N2O7/c28-26(29)27(30,31)40-22-8-4-17(5-9-22)25(36)39-21-6-1-16(2-7-21)3-10-23(34)37-11-12-38-24(35)18-13-19(32)15-20(33)14-18/h1-10,13-15,26H,11-12,32-33H2/b10-3+. The van der Waals surface area contributed by atoms with Crippen LogP contribution in [-0.2, 0) is 14.3 Å². The molecule has 40 heavy (non-hydrogen) atoms. The molecule has 4 N–H and O–H groups in total. The molecule has 0 amide bonds. The third-order valence-corrected chi connectivity index (χ3v) is 4.87. The maximum Gasteiger partial charge on any atom is 0.461 e. The van der Waals surface area contributed by atoms with Crippen molar-refractivity contribution in [3.8, 4) is 11.5 Å². The summed E-state index contributed by atoms with van der Waals surface area (Å²) in [4.78, 5) is 36.1. The molecule has 0 radical (unpaired) electrons. The highest BCUT2D eigenvalue weighted by atomic mass is 19.3. The Morgan fingerprint density at radius 1 is 0.775 bits per heavy atom. The van der Waals surface area contributed by atoms with Crippen molar-refractivity contribution in [3.63, 3.8) is 0 Å². The van der Waals surface area contributed by atoms with Crippen LogP contribution in [0.25, 0.3) is 6.08 Å². The van der Waals surface area contributed by atoms with Gasteiger partial charge in [-0.2, -0.15) is 17.6 Å². The van der Waals surface area contributed by atoms with E-state index in [9.17, 15) is 31.9 Å². The van der Waals surface area contributed by atoms with Gasteiger partial charge in [-0.1, -0.05) is 12.1 Å². The Balaban J connectivity index is 1.43. The monoisotopic (exact) mass is 562 g/mol. The minimum atomic E-state index is -4.67. The van der Waals surface area contributed by atoms with E-state index in [1.165, 1.54) is 48.5 Å². The van der Waals surface area contributed by atoms with E-state index in [1.54, 1.807) is 0 Å². The zero-order valence-electron chi connectivity index (χ0n) is 20.5. The molecule has 0 saturated carbocycles. The first-order valence-electron chi connectivity index (χ1n) is 11.4. The van der Waals surface area contributed by atoms with Gasteiger partial charge >= 0.3 is 30.4 Å². The molecule has 9 nitrogen and oxygen atoms in total. The molecule has 0 aliphatic rings. The van der Waals surface area contributed by atoms with Crippen LogP contribution in [-0.4, -0.2) is 43.7 Å². The van der Waals surface area contributed by atoms with Crippen molar-refractivity contribution >= 4 is 35.4 Å². The lowest BCUT2D eigenvalue weighted by Crippen LogP contribution is -2.33. The number of alkyl halides is 4. The number of hydrogen-bond acceptors (Lipinski definition) is 9. The van der Waals surface area contributed by atoms with E-state index in [0.29, 0.717) is 16.9 Å². The Kier molecular flexibility index (Phi) is 9.68. The number of ether oxygens (including phenoxy) is 4. The molecule has 13 heteroatoms. The number of rotatable bonds is 11. The fourth-order valence-electron chi connectivity index (χ4n) is 3.04. The van der Waals surface area contributed by atoms with Gasteiger partial charge in [0.2, 0.25) is 0 Å². The first-order valence-corrected chi connectivity index (χ1v) is 11.4. The summed E-state index contributed by atoms with van der Waals surface area (Å²) in [5.41, 5.74) is 12.5. The zero-order valence-corrected chi connectivity index (χ0v) is 20.5. The molecule has 0 aliphatic heterocycles. The van der Waals surface area contributed by atoms with Gasteiger partial charge in [-0.05, 0) is 66.2 Å². The molecule has 0 aromatic heterocycles. The van der Waals surface area contributed by atoms with E-state index in [4.69, 9.17) is 25.7 Å². The highest BCUT2D eigenvalue weighted by Gasteiger charge is 2.43. The lowest BCUT2D eigenvalue weighted by molar-refractivity contribution is -0.253. The van der Waals surface area contributed by atoms with Crippen molar-refractivity contribution in [1.29, 1.82) is 0 Å². The predicted octanol–water partition coefficient (Wildman–Crippen LogP) is 4.72. The Hall–Kier alpha value is -5.07. The van der Waals surface area contributed by atoms with Crippen molar-refractivity contribution in [2.24, 2.45) is 0 Å². The van der Waals surface area contributed by atoms with Crippen molar-refractivity contribution in [2.75, 3.05) is 24.7 Å². The molecule has 0 heterocycles. The minimum absolute atomic E-state index is 0.0397. The number of carbonyl (C=O) groups is 3. The third kappa shape index (κ3) is 8.75. The molecule has 3 rings (SSSR count). The summed E-state index contributed by atoms with van der Waals surface area (Å²) in [6.45, 7) is -0.380. The average Bonchev–Trinajstić information content (AvgIpc) is 2.90. The number of anilines is 2. The van der Waals surface area contributed by atoms with Crippen LogP contribution < -0.4 is 20.9 Å². The molecule has 0 atom stereocenters. The quantitative estimate of drug-likeness (QED) is 0.0848. The van der Waals surface area contributed by atoms with Crippen LogP contribution in [0.15, 0.2) is 72.8 Å². The average molecular weight is 562 g/mol. The van der Waals surface area contributed by atoms with E-state index in [1.807, 2.05) is 0 Å². The Bertz CT molecular complexity index is 1360. The van der Waals surface area contributed by atoms with E-state index >= 15 is 0 Å². The van der Waals surface area contributed by atoms with Gasteiger partial charge in [-0.3, -0.25) is 0 Å². The molecule has 0 spiro atoms. The number of nitrogen functional groups attached to an aromatic ring is 2. The van der Waals surface area contributed by atoms with Gasteiger partial charge in [-0.15, -0.1) is 0 Å². The molecule has 210 valence electrons. The van der Waals surface area contributed by atoms with E-state index in [-0.39, 0.29) is 30.1 Å². The lowest BCUT2D eigenvalue weighted by Gasteiger charge is -2.16. The molecule has 0 saturated heterocycles. The van der Waals surface area contributed by atoms with Gasteiger partial charge < -0.3 is 30.4 Å². The van der Waals surface area contributed by atoms with Gasteiger partial charge in [0.1, 0.15) is 24.7 Å². The molecule has 3 aromatic rings. The second-order valence-corrected chi connectivity index (χ2v) is 7.97. The maximum absolute atomic E-state index is 13.0. The minimum Gasteiger partial charge on any atom is -0.459 e. The van der Waals surface area contributed by atoms with Crippen molar-refractivity contribution < 1.29 is 50.9 Å². The number of nitrogens with two attached hydrogens (primary N) is 2. The van der Waals surface area contributed by atoms with E-state index < -0.39 is 36.2 Å². The van der Waals surface area contributed by atoms with Gasteiger partial charge in [0.05, 0.1) is 11.1 Å². The summed E-state index contributed by atoms with van der Waals surface area (Å²) in [5, 5.41) is 0. The Morgan fingerprint density at radius 2 is 1.35 bits per heavy atom. The number of halogens is 4. The number of carbonyl (C=O) groups excluding carboxylic acids is 3. The second-order valence-electron chi connectivity index (χ2n) is 7.97. The van der Waals surface area contributed by atoms with Crippen molar-refractivity contribution in [3.05, 3.63) is 89.5 Å². The number of esters is 3. The van der Waals surface area contributed by atoms with Crippen LogP contribution in [0, 0.1) is 0 Å². The molecule has 0 bridgehead atoms. The smallest absolute Gasteiger partial charge is 0.459 e. The van der Waals surface area contributed by atoms with E-state index in [2.05, 4.69) is 4.74 Å². The summed E-state index contributed by atoms with van der Waals surface area (Å²) in [7, 11) is 0. The normalized spacial score (nSPS) is 11.3. The van der Waals surface area contributed by atoms with Gasteiger partial charge in [0.25, 0.3) is 0 Å². The third-order valence-electron chi connectivity index (χ3n) is 4.87. The second kappa shape index (κ2) is 13.1. The topological polar surface area (TPSA) is 140 Å². The van der Waals surface area contributed by atoms with Crippen molar-refractivity contribution in [2.45, 2.75) is 12.5 Å². The summed E-state index contributed by atoms with van der Waals surface area (Å²) in [5.74, 6) is -2.62. The van der Waals surface area contributed by atoms with Crippen LogP contribution in [0.1, 0.15) is 26.3 Å². The largest absolute Gasteiger partial charge is 0.461 e. The summed E-state index contributed by atoms with van der Waals surface area (Å²) < 4.78 is 69.4. The number of hydrogen-bond donors (Lipinski definition) is 2. The SMILES string of the molecule is Nc1cc(N)cc(C(=O)OCCOC(=O)/C=C/c2ccc(OC(=O)c3ccc(OC(F)(F)C(F)F)cc3)cc2)c1. The summed E-state index contributed by atoms with van der Waals surface area (Å²) >= 11 is 0. The van der Waals surface area contributed by atoms with Crippen molar-refractivity contribution in [1.82, 2.24) is 0 Å². The van der Waals surface area contributed by atoms with Crippen LogP contribution in [0.2, 0.25) is 0 Å². The summed E-state index contributed by atoms with van der Waals surface area (Å²) in [6, 6.07) is 14.3. The highest BCUT2D eigenvalue weighted by Crippen LogP contribution is 2.27. The molecule has 0 aliphatic carbocycles. The molecule has 0 fully saturated rings. The van der Waals surface area contributed by atoms with Gasteiger partial charge in [-0.25, -0.2) is 14.4 Å². The first-order chi connectivity index (χ1) is 18.9. The molecule has 0 unspecified atom stereocenters. The Labute approximate surface area is 224 Å².